The monoisotopic (exact) mass is 382 g/mol. The molecular weight excluding hydrogens is 356 g/mol. The largest absolute Gasteiger partial charge is 0.369 e. The molecule has 0 saturated carbocycles. The molecule has 4 nitrogen and oxygen atoms in total. The van der Waals surface area contributed by atoms with Gasteiger partial charge in [0.15, 0.2) is 0 Å². The van der Waals surface area contributed by atoms with Crippen LogP contribution in [0.15, 0.2) is 41.8 Å². The molecule has 2 atom stereocenters. The van der Waals surface area contributed by atoms with Crippen molar-refractivity contribution in [3.8, 4) is 0 Å². The Hall–Kier alpha value is -1.69. The molecule has 2 fully saturated rings. The first-order valence-corrected chi connectivity index (χ1v) is 10.9. The minimum Gasteiger partial charge on any atom is -0.369 e. The van der Waals surface area contributed by atoms with Crippen LogP contribution in [0.2, 0.25) is 0 Å². The Balaban J connectivity index is 1.23. The number of carbonyl (C=O) groups is 1. The zero-order valence-electron chi connectivity index (χ0n) is 15.5. The van der Waals surface area contributed by atoms with E-state index >= 15 is 0 Å². The van der Waals surface area contributed by atoms with Gasteiger partial charge >= 0.3 is 0 Å². The van der Waals surface area contributed by atoms with Crippen LogP contribution < -0.4 is 5.32 Å². The fraction of sp³-hybridized carbons (Fsp3) is 0.500. The zero-order valence-corrected chi connectivity index (χ0v) is 16.3. The van der Waals surface area contributed by atoms with Gasteiger partial charge in [0.1, 0.15) is 5.60 Å². The Kier molecular flexibility index (Phi) is 4.54. The van der Waals surface area contributed by atoms with Crippen LogP contribution in [0.25, 0.3) is 0 Å². The third-order valence-electron chi connectivity index (χ3n) is 6.44. The summed E-state index contributed by atoms with van der Waals surface area (Å²) in [4.78, 5) is 16.5. The Labute approximate surface area is 164 Å². The van der Waals surface area contributed by atoms with Crippen molar-refractivity contribution in [1.29, 1.82) is 0 Å². The van der Waals surface area contributed by atoms with Gasteiger partial charge in [0, 0.05) is 24.0 Å². The highest BCUT2D eigenvalue weighted by molar-refractivity contribution is 7.10. The van der Waals surface area contributed by atoms with E-state index in [0.29, 0.717) is 6.04 Å². The fourth-order valence-corrected chi connectivity index (χ4v) is 6.09. The first-order valence-electron chi connectivity index (χ1n) is 10.1. The number of benzene rings is 1. The number of likely N-dealkylation sites (tertiary alicyclic amines) is 1. The van der Waals surface area contributed by atoms with Crippen molar-refractivity contribution in [2.24, 2.45) is 0 Å². The van der Waals surface area contributed by atoms with Crippen LogP contribution in [-0.4, -0.2) is 36.5 Å². The Morgan fingerprint density at radius 1 is 1.15 bits per heavy atom. The van der Waals surface area contributed by atoms with E-state index in [1.54, 1.807) is 0 Å². The summed E-state index contributed by atoms with van der Waals surface area (Å²) in [5.41, 5.74) is 2.59. The summed E-state index contributed by atoms with van der Waals surface area (Å²) in [5.74, 6) is 0.269. The maximum atomic E-state index is 13.1. The van der Waals surface area contributed by atoms with Gasteiger partial charge in [-0.15, -0.1) is 11.3 Å². The molecule has 2 saturated heterocycles. The lowest BCUT2D eigenvalue weighted by Crippen LogP contribution is -2.51. The average molecular weight is 383 g/mol. The van der Waals surface area contributed by atoms with Crippen molar-refractivity contribution in [1.82, 2.24) is 10.2 Å². The normalized spacial score (nSPS) is 26.9. The standard InChI is InChI=1S/C22H26N2O2S/c25-21(19-7-6-18(23-19)16-4-2-1-3-5-16)24-12-10-22(11-13-24)20-17(8-14-26-22)9-15-27-20/h1-5,9,15,18-19,23H,6-8,10-14H2/t18-,19-/m1/s1. The van der Waals surface area contributed by atoms with Gasteiger partial charge in [0.2, 0.25) is 5.91 Å². The zero-order chi connectivity index (χ0) is 18.3. The van der Waals surface area contributed by atoms with Gasteiger partial charge in [-0.25, -0.2) is 0 Å². The molecule has 2 aromatic rings. The topological polar surface area (TPSA) is 41.6 Å². The average Bonchev–Trinajstić information content (AvgIpc) is 3.39. The predicted octanol–water partition coefficient (Wildman–Crippen LogP) is 3.63. The molecule has 0 unspecified atom stereocenters. The fourth-order valence-electron chi connectivity index (χ4n) is 4.92. The van der Waals surface area contributed by atoms with Crippen LogP contribution in [0.5, 0.6) is 0 Å². The number of thiophene rings is 1. The number of rotatable bonds is 2. The van der Waals surface area contributed by atoms with Crippen LogP contribution in [-0.2, 0) is 21.6 Å². The second-order valence-electron chi connectivity index (χ2n) is 7.95. The molecule has 3 aliphatic rings. The molecule has 1 amide bonds. The summed E-state index contributed by atoms with van der Waals surface area (Å²) in [6.45, 7) is 2.40. The summed E-state index contributed by atoms with van der Waals surface area (Å²) >= 11 is 1.82. The van der Waals surface area contributed by atoms with Crippen molar-refractivity contribution < 1.29 is 9.53 Å². The molecule has 142 valence electrons. The van der Waals surface area contributed by atoms with E-state index in [9.17, 15) is 4.79 Å². The number of ether oxygens (including phenoxy) is 1. The van der Waals surface area contributed by atoms with Crippen molar-refractivity contribution in [3.63, 3.8) is 0 Å². The van der Waals surface area contributed by atoms with Crippen LogP contribution in [0.4, 0.5) is 0 Å². The highest BCUT2D eigenvalue weighted by Crippen LogP contribution is 2.44. The molecule has 0 bridgehead atoms. The third kappa shape index (κ3) is 3.12. The highest BCUT2D eigenvalue weighted by atomic mass is 32.1. The second kappa shape index (κ2) is 7.04. The number of amides is 1. The summed E-state index contributed by atoms with van der Waals surface area (Å²) in [5, 5.41) is 5.75. The van der Waals surface area contributed by atoms with Gasteiger partial charge in [-0.3, -0.25) is 10.1 Å². The first-order chi connectivity index (χ1) is 13.3. The summed E-state index contributed by atoms with van der Waals surface area (Å²) in [6.07, 6.45) is 4.81. The molecule has 5 heteroatoms. The molecule has 0 aliphatic carbocycles. The maximum absolute atomic E-state index is 13.1. The van der Waals surface area contributed by atoms with Crippen LogP contribution in [0.3, 0.4) is 0 Å². The Bertz CT molecular complexity index is 811. The first kappa shape index (κ1) is 17.4. The van der Waals surface area contributed by atoms with Crippen LogP contribution in [0, 0.1) is 0 Å². The molecule has 1 aromatic carbocycles. The van der Waals surface area contributed by atoms with Gasteiger partial charge in [-0.2, -0.15) is 0 Å². The van der Waals surface area contributed by atoms with Gasteiger partial charge in [0.05, 0.1) is 12.6 Å². The van der Waals surface area contributed by atoms with Gasteiger partial charge < -0.3 is 9.64 Å². The van der Waals surface area contributed by atoms with Gasteiger partial charge in [-0.05, 0) is 54.7 Å². The SMILES string of the molecule is O=C([C@H]1CC[C@H](c2ccccc2)N1)N1CCC2(CC1)OCCc1ccsc12. The van der Waals surface area contributed by atoms with E-state index in [2.05, 4.69) is 45.9 Å². The lowest BCUT2D eigenvalue weighted by atomic mass is 9.85. The number of nitrogens with zero attached hydrogens (tertiary/aromatic N) is 1. The molecule has 3 aliphatic heterocycles. The van der Waals surface area contributed by atoms with Gasteiger partial charge in [-0.1, -0.05) is 30.3 Å². The molecule has 27 heavy (non-hydrogen) atoms. The summed E-state index contributed by atoms with van der Waals surface area (Å²) in [7, 11) is 0. The Morgan fingerprint density at radius 2 is 1.96 bits per heavy atom. The molecule has 1 N–H and O–H groups in total. The highest BCUT2D eigenvalue weighted by Gasteiger charge is 2.43. The number of hydrogen-bond donors (Lipinski definition) is 1. The number of hydrogen-bond acceptors (Lipinski definition) is 4. The van der Waals surface area contributed by atoms with E-state index in [1.807, 2.05) is 17.4 Å². The lowest BCUT2D eigenvalue weighted by molar-refractivity contribution is -0.142. The molecule has 4 heterocycles. The minimum absolute atomic E-state index is 0.0474. The predicted molar refractivity (Wildman–Crippen MR) is 107 cm³/mol. The lowest BCUT2D eigenvalue weighted by Gasteiger charge is -2.44. The van der Waals surface area contributed by atoms with E-state index < -0.39 is 0 Å². The van der Waals surface area contributed by atoms with Crippen LogP contribution >= 0.6 is 11.3 Å². The van der Waals surface area contributed by atoms with E-state index in [1.165, 1.54) is 16.0 Å². The number of fused-ring (bicyclic) bond motifs is 2. The van der Waals surface area contributed by atoms with Crippen molar-refractivity contribution in [3.05, 3.63) is 57.8 Å². The van der Waals surface area contributed by atoms with E-state index in [0.717, 1.165) is 51.8 Å². The summed E-state index contributed by atoms with van der Waals surface area (Å²) < 4.78 is 6.28. The number of nitrogens with one attached hydrogen (secondary N) is 1. The van der Waals surface area contributed by atoms with E-state index in [4.69, 9.17) is 4.74 Å². The molecule has 5 rings (SSSR count). The molecule has 1 spiro atoms. The number of piperidine rings is 1. The quantitative estimate of drug-likeness (QED) is 0.862. The molecule has 0 radical (unpaired) electrons. The minimum atomic E-state index is -0.145. The van der Waals surface area contributed by atoms with Crippen LogP contribution in [0.1, 0.15) is 47.7 Å². The number of carbonyl (C=O) groups excluding carboxylic acids is 1. The van der Waals surface area contributed by atoms with Crippen molar-refractivity contribution in [2.75, 3.05) is 19.7 Å². The smallest absolute Gasteiger partial charge is 0.239 e. The molecular formula is C22H26N2O2S. The van der Waals surface area contributed by atoms with Crippen molar-refractivity contribution >= 4 is 17.2 Å². The summed E-state index contributed by atoms with van der Waals surface area (Å²) in [6, 6.07) is 13.0. The van der Waals surface area contributed by atoms with Crippen molar-refractivity contribution in [2.45, 2.75) is 49.8 Å². The Morgan fingerprint density at radius 3 is 2.78 bits per heavy atom. The van der Waals surface area contributed by atoms with Gasteiger partial charge in [0.25, 0.3) is 0 Å². The molecule has 1 aromatic heterocycles. The van der Waals surface area contributed by atoms with E-state index in [-0.39, 0.29) is 17.6 Å². The third-order valence-corrected chi connectivity index (χ3v) is 7.58. The maximum Gasteiger partial charge on any atom is 0.239 e. The second-order valence-corrected chi connectivity index (χ2v) is 8.87.